The third-order valence-electron chi connectivity index (χ3n) is 4.37. The normalized spacial score (nSPS) is 18.6. The summed E-state index contributed by atoms with van der Waals surface area (Å²) in [6, 6.07) is 4.77. The van der Waals surface area contributed by atoms with Crippen molar-refractivity contribution in [1.29, 1.82) is 0 Å². The van der Waals surface area contributed by atoms with E-state index in [1.807, 2.05) is 13.8 Å². The van der Waals surface area contributed by atoms with Crippen LogP contribution >= 0.6 is 24.8 Å². The van der Waals surface area contributed by atoms with Gasteiger partial charge in [0.1, 0.15) is 0 Å². The SMILES string of the molecule is CC(C)C[C@H](N)C(=O)NC1CCN(Cc2ccc(C(F)(F)F)cc2)C1.Cl.Cl. The number of amides is 1. The standard InChI is InChI=1S/C18H26F3N3O.2ClH/c1-12(2)9-16(22)17(25)23-15-7-8-24(11-15)10-13-3-5-14(6-4-13)18(19,20)21;;/h3-6,12,15-16H,7-11,22H2,1-2H3,(H,23,25);2*1H/t15?,16-;;/m0../s1. The Kier molecular flexibility index (Phi) is 10.7. The van der Waals surface area contributed by atoms with Gasteiger partial charge in [-0.05, 0) is 36.5 Å². The third kappa shape index (κ3) is 8.25. The first-order chi connectivity index (χ1) is 11.6. The fraction of sp³-hybridized carbons (Fsp3) is 0.611. The molecule has 1 amide bonds. The molecule has 0 radical (unpaired) electrons. The highest BCUT2D eigenvalue weighted by Gasteiger charge is 2.30. The number of rotatable bonds is 6. The molecule has 2 atom stereocenters. The molecule has 1 unspecified atom stereocenters. The number of hydrogen-bond donors (Lipinski definition) is 2. The van der Waals surface area contributed by atoms with Crippen molar-refractivity contribution in [2.24, 2.45) is 11.7 Å². The van der Waals surface area contributed by atoms with Crippen LogP contribution in [0.5, 0.6) is 0 Å². The average Bonchev–Trinajstić information content (AvgIpc) is 2.93. The lowest BCUT2D eigenvalue weighted by Gasteiger charge is -2.19. The quantitative estimate of drug-likeness (QED) is 0.725. The largest absolute Gasteiger partial charge is 0.416 e. The van der Waals surface area contributed by atoms with Gasteiger partial charge in [0.25, 0.3) is 0 Å². The van der Waals surface area contributed by atoms with Crippen molar-refractivity contribution in [3.05, 3.63) is 35.4 Å². The molecule has 1 aromatic carbocycles. The Bertz CT molecular complexity index is 582. The summed E-state index contributed by atoms with van der Waals surface area (Å²) < 4.78 is 37.7. The molecule has 4 nitrogen and oxygen atoms in total. The van der Waals surface area contributed by atoms with E-state index in [4.69, 9.17) is 5.73 Å². The summed E-state index contributed by atoms with van der Waals surface area (Å²) in [5.74, 6) is 0.232. The van der Waals surface area contributed by atoms with Crippen LogP contribution in [-0.4, -0.2) is 36.0 Å². The van der Waals surface area contributed by atoms with E-state index in [0.29, 0.717) is 25.4 Å². The highest BCUT2D eigenvalue weighted by molar-refractivity contribution is 5.85. The molecule has 156 valence electrons. The summed E-state index contributed by atoms with van der Waals surface area (Å²) in [6.07, 6.45) is -2.84. The van der Waals surface area contributed by atoms with E-state index in [1.54, 1.807) is 0 Å². The number of carbonyl (C=O) groups is 1. The van der Waals surface area contributed by atoms with Crippen molar-refractivity contribution in [3.8, 4) is 0 Å². The summed E-state index contributed by atoms with van der Waals surface area (Å²) in [4.78, 5) is 14.2. The topological polar surface area (TPSA) is 58.4 Å². The highest BCUT2D eigenvalue weighted by atomic mass is 35.5. The van der Waals surface area contributed by atoms with E-state index in [0.717, 1.165) is 30.7 Å². The second-order valence-corrected chi connectivity index (χ2v) is 7.16. The summed E-state index contributed by atoms with van der Waals surface area (Å²) in [7, 11) is 0. The van der Waals surface area contributed by atoms with Crippen LogP contribution < -0.4 is 11.1 Å². The number of nitrogens with one attached hydrogen (secondary N) is 1. The second kappa shape index (κ2) is 11.1. The first-order valence-electron chi connectivity index (χ1n) is 8.59. The van der Waals surface area contributed by atoms with Gasteiger partial charge in [-0.15, -0.1) is 24.8 Å². The second-order valence-electron chi connectivity index (χ2n) is 7.16. The Balaban J connectivity index is 0.00000338. The van der Waals surface area contributed by atoms with Crippen molar-refractivity contribution in [2.45, 2.75) is 51.5 Å². The first-order valence-corrected chi connectivity index (χ1v) is 8.59. The fourth-order valence-electron chi connectivity index (χ4n) is 3.07. The summed E-state index contributed by atoms with van der Waals surface area (Å²) in [5.41, 5.74) is 6.08. The van der Waals surface area contributed by atoms with Crippen LogP contribution in [0.2, 0.25) is 0 Å². The minimum absolute atomic E-state index is 0. The molecule has 2 rings (SSSR count). The van der Waals surface area contributed by atoms with Gasteiger partial charge in [0, 0.05) is 25.7 Å². The van der Waals surface area contributed by atoms with E-state index >= 15 is 0 Å². The van der Waals surface area contributed by atoms with Gasteiger partial charge < -0.3 is 11.1 Å². The molecule has 0 spiro atoms. The van der Waals surface area contributed by atoms with Gasteiger partial charge in [-0.3, -0.25) is 9.69 Å². The Labute approximate surface area is 170 Å². The molecule has 1 heterocycles. The molecule has 0 aromatic heterocycles. The van der Waals surface area contributed by atoms with Crippen molar-refractivity contribution >= 4 is 30.7 Å². The zero-order valence-electron chi connectivity index (χ0n) is 15.5. The molecule has 9 heteroatoms. The zero-order valence-corrected chi connectivity index (χ0v) is 17.1. The van der Waals surface area contributed by atoms with Crippen LogP contribution in [0.3, 0.4) is 0 Å². The number of halogens is 5. The minimum Gasteiger partial charge on any atom is -0.351 e. The van der Waals surface area contributed by atoms with Gasteiger partial charge in [-0.1, -0.05) is 26.0 Å². The lowest BCUT2D eigenvalue weighted by Crippen LogP contribution is -2.46. The van der Waals surface area contributed by atoms with E-state index in [1.165, 1.54) is 12.1 Å². The molecule has 27 heavy (non-hydrogen) atoms. The summed E-state index contributed by atoms with van der Waals surface area (Å²) in [6.45, 7) is 6.10. The van der Waals surface area contributed by atoms with E-state index in [9.17, 15) is 18.0 Å². The summed E-state index contributed by atoms with van der Waals surface area (Å²) >= 11 is 0. The fourth-order valence-corrected chi connectivity index (χ4v) is 3.07. The van der Waals surface area contributed by atoms with Crippen molar-refractivity contribution in [2.75, 3.05) is 13.1 Å². The number of alkyl halides is 3. The van der Waals surface area contributed by atoms with Crippen LogP contribution in [-0.2, 0) is 17.5 Å². The molecule has 1 saturated heterocycles. The molecular formula is C18H28Cl2F3N3O. The molecule has 1 aliphatic heterocycles. The molecule has 0 aliphatic carbocycles. The molecule has 1 aliphatic rings. The predicted molar refractivity (Wildman–Crippen MR) is 105 cm³/mol. The predicted octanol–water partition coefficient (Wildman–Crippen LogP) is 3.61. The Morgan fingerprint density at radius 1 is 1.26 bits per heavy atom. The zero-order chi connectivity index (χ0) is 18.6. The first kappa shape index (κ1) is 26.0. The Hall–Kier alpha value is -1.02. The Morgan fingerprint density at radius 2 is 1.85 bits per heavy atom. The van der Waals surface area contributed by atoms with Crippen molar-refractivity contribution in [1.82, 2.24) is 10.2 Å². The number of nitrogens with two attached hydrogens (primary N) is 1. The highest BCUT2D eigenvalue weighted by Crippen LogP contribution is 2.29. The number of carbonyl (C=O) groups excluding carboxylic acids is 1. The molecular weight excluding hydrogens is 402 g/mol. The third-order valence-corrected chi connectivity index (χ3v) is 4.37. The number of likely N-dealkylation sites (tertiary alicyclic amines) is 1. The van der Waals surface area contributed by atoms with Crippen LogP contribution in [0.25, 0.3) is 0 Å². The maximum atomic E-state index is 12.6. The van der Waals surface area contributed by atoms with Gasteiger partial charge in [0.15, 0.2) is 0 Å². The van der Waals surface area contributed by atoms with Crippen molar-refractivity contribution < 1.29 is 18.0 Å². The smallest absolute Gasteiger partial charge is 0.351 e. The molecule has 1 aromatic rings. The Morgan fingerprint density at radius 3 is 2.37 bits per heavy atom. The molecule has 0 saturated carbocycles. The van der Waals surface area contributed by atoms with E-state index < -0.39 is 17.8 Å². The van der Waals surface area contributed by atoms with Gasteiger partial charge in [-0.2, -0.15) is 13.2 Å². The lowest BCUT2D eigenvalue weighted by molar-refractivity contribution is -0.137. The van der Waals surface area contributed by atoms with Crippen LogP contribution in [0.1, 0.15) is 37.8 Å². The van der Waals surface area contributed by atoms with Crippen LogP contribution in [0.4, 0.5) is 13.2 Å². The summed E-state index contributed by atoms with van der Waals surface area (Å²) in [5, 5.41) is 2.97. The van der Waals surface area contributed by atoms with Gasteiger partial charge >= 0.3 is 6.18 Å². The van der Waals surface area contributed by atoms with E-state index in [2.05, 4.69) is 10.2 Å². The minimum atomic E-state index is -4.31. The average molecular weight is 430 g/mol. The molecule has 0 bridgehead atoms. The number of benzene rings is 1. The van der Waals surface area contributed by atoms with Gasteiger partial charge in [0.05, 0.1) is 11.6 Å². The number of hydrogen-bond acceptors (Lipinski definition) is 3. The lowest BCUT2D eigenvalue weighted by atomic mass is 10.0. The maximum Gasteiger partial charge on any atom is 0.416 e. The van der Waals surface area contributed by atoms with Gasteiger partial charge in [0.2, 0.25) is 5.91 Å². The van der Waals surface area contributed by atoms with Crippen molar-refractivity contribution in [3.63, 3.8) is 0 Å². The molecule has 1 fully saturated rings. The monoisotopic (exact) mass is 429 g/mol. The van der Waals surface area contributed by atoms with Crippen LogP contribution in [0.15, 0.2) is 24.3 Å². The van der Waals surface area contributed by atoms with E-state index in [-0.39, 0.29) is 36.8 Å². The number of nitrogens with zero attached hydrogens (tertiary/aromatic N) is 1. The maximum absolute atomic E-state index is 12.6. The molecule has 3 N–H and O–H groups in total. The van der Waals surface area contributed by atoms with Gasteiger partial charge in [-0.25, -0.2) is 0 Å². The van der Waals surface area contributed by atoms with Crippen LogP contribution in [0, 0.1) is 5.92 Å².